The maximum Gasteiger partial charge on any atom is 0.261 e. The van der Waals surface area contributed by atoms with Gasteiger partial charge in [-0.3, -0.25) is 4.72 Å². The van der Waals surface area contributed by atoms with Gasteiger partial charge in [-0.2, -0.15) is 0 Å². The molecule has 0 saturated carbocycles. The molecule has 140 valence electrons. The Bertz CT molecular complexity index is 1030. The van der Waals surface area contributed by atoms with Gasteiger partial charge in [0, 0.05) is 26.4 Å². The number of anilines is 1. The van der Waals surface area contributed by atoms with Gasteiger partial charge >= 0.3 is 0 Å². The van der Waals surface area contributed by atoms with Crippen molar-refractivity contribution in [2.75, 3.05) is 4.72 Å². The summed E-state index contributed by atoms with van der Waals surface area (Å²) in [6.07, 6.45) is 0. The summed E-state index contributed by atoms with van der Waals surface area (Å²) in [6, 6.07) is 19.4. The van der Waals surface area contributed by atoms with Crippen molar-refractivity contribution in [3.63, 3.8) is 0 Å². The molecule has 0 fully saturated rings. The molecule has 0 aliphatic carbocycles. The summed E-state index contributed by atoms with van der Waals surface area (Å²) in [6.45, 7) is 1.91. The molecule has 3 aromatic rings. The number of sulfonamides is 1. The highest BCUT2D eigenvalue weighted by Crippen LogP contribution is 2.29. The van der Waals surface area contributed by atoms with E-state index in [0.717, 1.165) is 16.0 Å². The second-order valence-electron chi connectivity index (χ2n) is 5.97. The van der Waals surface area contributed by atoms with Crippen LogP contribution < -0.4 is 4.72 Å². The zero-order chi connectivity index (χ0) is 19.4. The van der Waals surface area contributed by atoms with Gasteiger partial charge in [-0.15, -0.1) is 11.8 Å². The van der Waals surface area contributed by atoms with Crippen LogP contribution in [0.2, 0.25) is 10.0 Å². The Kier molecular flexibility index (Phi) is 6.37. The molecule has 0 aliphatic heterocycles. The molecule has 0 atom stereocenters. The molecule has 27 heavy (non-hydrogen) atoms. The largest absolute Gasteiger partial charge is 0.280 e. The third-order valence-corrected chi connectivity index (χ3v) is 6.89. The molecule has 0 unspecified atom stereocenters. The van der Waals surface area contributed by atoms with Gasteiger partial charge in [0.1, 0.15) is 0 Å². The zero-order valence-corrected chi connectivity index (χ0v) is 17.6. The summed E-state index contributed by atoms with van der Waals surface area (Å²) in [5.41, 5.74) is 2.52. The fourth-order valence-corrected chi connectivity index (χ4v) is 4.87. The molecule has 3 rings (SSSR count). The summed E-state index contributed by atoms with van der Waals surface area (Å²) >= 11 is 13.7. The first-order valence-electron chi connectivity index (χ1n) is 8.10. The Hall–Kier alpha value is -1.66. The summed E-state index contributed by atoms with van der Waals surface area (Å²) in [4.78, 5) is 1.25. The lowest BCUT2D eigenvalue weighted by atomic mass is 10.2. The first-order chi connectivity index (χ1) is 12.8. The van der Waals surface area contributed by atoms with Crippen LogP contribution in [-0.4, -0.2) is 8.42 Å². The fourth-order valence-electron chi connectivity index (χ4n) is 2.35. The normalized spacial score (nSPS) is 11.4. The van der Waals surface area contributed by atoms with Crippen molar-refractivity contribution >= 4 is 50.7 Å². The third kappa shape index (κ3) is 5.42. The number of aryl methyl sites for hydroxylation is 1. The van der Waals surface area contributed by atoms with Crippen molar-refractivity contribution in [1.82, 2.24) is 0 Å². The molecule has 0 amide bonds. The van der Waals surface area contributed by atoms with Crippen LogP contribution in [0.5, 0.6) is 0 Å². The standard InChI is InChI=1S/C20H17Cl2NO2S2/c1-14-2-10-19(11-3-14)27(24,25)23-17-6-8-18(9-7-17)26-13-15-4-5-16(21)12-20(15)22/h2-12,23H,13H2,1H3. The number of thioether (sulfide) groups is 1. The Labute approximate surface area is 173 Å². The van der Waals surface area contributed by atoms with Crippen LogP contribution in [0.15, 0.2) is 76.5 Å². The summed E-state index contributed by atoms with van der Waals surface area (Å²) in [7, 11) is -3.59. The predicted octanol–water partition coefficient (Wildman–Crippen LogP) is 6.39. The number of nitrogens with one attached hydrogen (secondary N) is 1. The molecule has 3 nitrogen and oxygen atoms in total. The van der Waals surface area contributed by atoms with Crippen LogP contribution in [0.25, 0.3) is 0 Å². The molecule has 0 heterocycles. The number of halogens is 2. The van der Waals surface area contributed by atoms with Crippen molar-refractivity contribution in [2.45, 2.75) is 22.5 Å². The fraction of sp³-hybridized carbons (Fsp3) is 0.100. The SMILES string of the molecule is Cc1ccc(S(=O)(=O)Nc2ccc(SCc3ccc(Cl)cc3Cl)cc2)cc1. The van der Waals surface area contributed by atoms with Gasteiger partial charge in [0.2, 0.25) is 0 Å². The van der Waals surface area contributed by atoms with Gasteiger partial charge in [0.25, 0.3) is 10.0 Å². The van der Waals surface area contributed by atoms with Crippen LogP contribution in [0.4, 0.5) is 5.69 Å². The van der Waals surface area contributed by atoms with E-state index in [-0.39, 0.29) is 4.90 Å². The van der Waals surface area contributed by atoms with Crippen LogP contribution in [0, 0.1) is 6.92 Å². The number of rotatable bonds is 6. The van der Waals surface area contributed by atoms with Gasteiger partial charge < -0.3 is 0 Å². The Morgan fingerprint density at radius 1 is 0.926 bits per heavy atom. The highest BCUT2D eigenvalue weighted by molar-refractivity contribution is 7.98. The molecule has 0 aliphatic rings. The molecule has 0 spiro atoms. The van der Waals surface area contributed by atoms with E-state index in [2.05, 4.69) is 4.72 Å². The minimum absolute atomic E-state index is 0.240. The molecule has 7 heteroatoms. The van der Waals surface area contributed by atoms with E-state index in [1.54, 1.807) is 54.2 Å². The van der Waals surface area contributed by atoms with E-state index in [1.807, 2.05) is 31.2 Å². The maximum atomic E-state index is 12.4. The van der Waals surface area contributed by atoms with Gasteiger partial charge in [0.05, 0.1) is 4.90 Å². The highest BCUT2D eigenvalue weighted by atomic mass is 35.5. The number of hydrogen-bond acceptors (Lipinski definition) is 3. The lowest BCUT2D eigenvalue weighted by molar-refractivity contribution is 0.601. The average molecular weight is 438 g/mol. The van der Waals surface area contributed by atoms with Gasteiger partial charge in [-0.25, -0.2) is 8.42 Å². The smallest absolute Gasteiger partial charge is 0.261 e. The van der Waals surface area contributed by atoms with E-state index in [0.29, 0.717) is 21.5 Å². The first-order valence-corrected chi connectivity index (χ1v) is 11.3. The van der Waals surface area contributed by atoms with Crippen LogP contribution >= 0.6 is 35.0 Å². The van der Waals surface area contributed by atoms with Gasteiger partial charge in [0.15, 0.2) is 0 Å². The number of benzene rings is 3. The second kappa shape index (κ2) is 8.57. The van der Waals surface area contributed by atoms with Crippen LogP contribution in [0.1, 0.15) is 11.1 Å². The summed E-state index contributed by atoms with van der Waals surface area (Å²) in [5.74, 6) is 0.699. The van der Waals surface area contributed by atoms with Crippen LogP contribution in [0.3, 0.4) is 0 Å². The zero-order valence-electron chi connectivity index (χ0n) is 14.4. The monoisotopic (exact) mass is 437 g/mol. The topological polar surface area (TPSA) is 46.2 Å². The van der Waals surface area contributed by atoms with Crippen molar-refractivity contribution in [3.05, 3.63) is 87.9 Å². The summed E-state index contributed by atoms with van der Waals surface area (Å²) < 4.78 is 27.5. The highest BCUT2D eigenvalue weighted by Gasteiger charge is 2.13. The quantitative estimate of drug-likeness (QED) is 0.454. The average Bonchev–Trinajstić information content (AvgIpc) is 2.62. The second-order valence-corrected chi connectivity index (χ2v) is 9.54. The lowest BCUT2D eigenvalue weighted by Gasteiger charge is -2.09. The lowest BCUT2D eigenvalue weighted by Crippen LogP contribution is -2.12. The molecule has 0 saturated heterocycles. The number of hydrogen-bond donors (Lipinski definition) is 1. The minimum Gasteiger partial charge on any atom is -0.280 e. The van der Waals surface area contributed by atoms with Crippen molar-refractivity contribution in [3.8, 4) is 0 Å². The van der Waals surface area contributed by atoms with Crippen molar-refractivity contribution in [1.29, 1.82) is 0 Å². The van der Waals surface area contributed by atoms with E-state index in [1.165, 1.54) is 0 Å². The van der Waals surface area contributed by atoms with Crippen molar-refractivity contribution < 1.29 is 8.42 Å². The molecule has 0 bridgehead atoms. The first kappa shape index (κ1) is 20.1. The molecular weight excluding hydrogens is 421 g/mol. The van der Waals surface area contributed by atoms with Gasteiger partial charge in [-0.05, 0) is 61.0 Å². The molecular formula is C20H17Cl2NO2S2. The van der Waals surface area contributed by atoms with Gasteiger partial charge in [-0.1, -0.05) is 47.0 Å². The maximum absolute atomic E-state index is 12.4. The summed E-state index contributed by atoms with van der Waals surface area (Å²) in [5, 5.41) is 1.25. The van der Waals surface area contributed by atoms with Crippen molar-refractivity contribution in [2.24, 2.45) is 0 Å². The molecule has 0 radical (unpaired) electrons. The van der Waals surface area contributed by atoms with E-state index < -0.39 is 10.0 Å². The van der Waals surface area contributed by atoms with E-state index >= 15 is 0 Å². The third-order valence-electron chi connectivity index (χ3n) is 3.85. The molecule has 1 N–H and O–H groups in total. The Balaban J connectivity index is 1.65. The van der Waals surface area contributed by atoms with E-state index in [4.69, 9.17) is 23.2 Å². The Morgan fingerprint density at radius 2 is 1.59 bits per heavy atom. The molecule has 0 aromatic heterocycles. The van der Waals surface area contributed by atoms with Crippen LogP contribution in [-0.2, 0) is 15.8 Å². The Morgan fingerprint density at radius 3 is 2.22 bits per heavy atom. The predicted molar refractivity (Wildman–Crippen MR) is 114 cm³/mol. The minimum atomic E-state index is -3.59. The van der Waals surface area contributed by atoms with E-state index in [9.17, 15) is 8.42 Å². The molecule has 3 aromatic carbocycles.